The molecule has 2 nitrogen and oxygen atoms in total. The van der Waals surface area contributed by atoms with Crippen LogP contribution < -0.4 is 5.32 Å². The van der Waals surface area contributed by atoms with E-state index < -0.39 is 0 Å². The van der Waals surface area contributed by atoms with E-state index in [1.807, 2.05) is 0 Å². The molecule has 1 aliphatic rings. The van der Waals surface area contributed by atoms with Gasteiger partial charge in [0.05, 0.1) is 10.2 Å². The normalized spacial score (nSPS) is 23.1. The van der Waals surface area contributed by atoms with Crippen molar-refractivity contribution in [2.75, 3.05) is 11.9 Å². The minimum Gasteiger partial charge on any atom is -0.361 e. The van der Waals surface area contributed by atoms with Crippen LogP contribution in [0.4, 0.5) is 5.13 Å². The molecule has 19 heavy (non-hydrogen) atoms. The summed E-state index contributed by atoms with van der Waals surface area (Å²) in [7, 11) is 0. The summed E-state index contributed by atoms with van der Waals surface area (Å²) in [4.78, 5) is 4.66. The van der Waals surface area contributed by atoms with Gasteiger partial charge in [-0.3, -0.25) is 0 Å². The van der Waals surface area contributed by atoms with Crippen LogP contribution in [0.1, 0.15) is 38.2 Å². The molecular weight excluding hydrogens is 252 g/mol. The summed E-state index contributed by atoms with van der Waals surface area (Å²) in [6.07, 6.45) is 5.55. The number of fused-ring (bicyclic) bond motifs is 1. The number of anilines is 1. The lowest BCUT2D eigenvalue weighted by molar-refractivity contribution is 0.492. The van der Waals surface area contributed by atoms with E-state index in [4.69, 9.17) is 0 Å². The molecule has 1 heterocycles. The Morgan fingerprint density at radius 3 is 3.05 bits per heavy atom. The molecule has 2 atom stereocenters. The second kappa shape index (κ2) is 5.49. The first-order chi connectivity index (χ1) is 9.20. The SMILES string of the molecule is Cc1ccc2sc(NCCC3CCC(C)C3)nc2c1. The minimum absolute atomic E-state index is 0.930. The van der Waals surface area contributed by atoms with Crippen molar-refractivity contribution in [3.63, 3.8) is 0 Å². The van der Waals surface area contributed by atoms with E-state index in [0.29, 0.717) is 0 Å². The number of rotatable bonds is 4. The summed E-state index contributed by atoms with van der Waals surface area (Å²) in [5.41, 5.74) is 2.41. The number of benzene rings is 1. The lowest BCUT2D eigenvalue weighted by Crippen LogP contribution is -2.06. The molecule has 0 saturated heterocycles. The van der Waals surface area contributed by atoms with Crippen LogP contribution in [0.2, 0.25) is 0 Å². The number of nitrogens with one attached hydrogen (secondary N) is 1. The quantitative estimate of drug-likeness (QED) is 0.862. The molecule has 0 aliphatic heterocycles. The van der Waals surface area contributed by atoms with Gasteiger partial charge < -0.3 is 5.32 Å². The summed E-state index contributed by atoms with van der Waals surface area (Å²) in [5.74, 6) is 1.87. The number of aryl methyl sites for hydroxylation is 1. The molecule has 2 aromatic rings. The standard InChI is InChI=1S/C16H22N2S/c1-11-3-5-13(9-11)7-8-17-16-18-14-10-12(2)4-6-15(14)19-16/h4,6,10-11,13H,3,5,7-9H2,1-2H3,(H,17,18). The first-order valence-electron chi connectivity index (χ1n) is 7.32. The summed E-state index contributed by atoms with van der Waals surface area (Å²) in [6.45, 7) is 5.56. The van der Waals surface area contributed by atoms with Crippen molar-refractivity contribution in [3.8, 4) is 0 Å². The highest BCUT2D eigenvalue weighted by Gasteiger charge is 2.20. The topological polar surface area (TPSA) is 24.9 Å². The van der Waals surface area contributed by atoms with Crippen molar-refractivity contribution in [1.82, 2.24) is 4.98 Å². The van der Waals surface area contributed by atoms with Crippen molar-refractivity contribution in [1.29, 1.82) is 0 Å². The van der Waals surface area contributed by atoms with Crippen LogP contribution in [0.3, 0.4) is 0 Å². The largest absolute Gasteiger partial charge is 0.361 e. The van der Waals surface area contributed by atoms with Gasteiger partial charge in [-0.25, -0.2) is 4.98 Å². The number of nitrogens with zero attached hydrogens (tertiary/aromatic N) is 1. The van der Waals surface area contributed by atoms with Crippen LogP contribution in [0.5, 0.6) is 0 Å². The Kier molecular flexibility index (Phi) is 3.74. The highest BCUT2D eigenvalue weighted by molar-refractivity contribution is 7.22. The zero-order valence-corrected chi connectivity index (χ0v) is 12.6. The highest BCUT2D eigenvalue weighted by Crippen LogP contribution is 2.33. The van der Waals surface area contributed by atoms with Crippen LogP contribution in [0, 0.1) is 18.8 Å². The molecule has 2 unspecified atom stereocenters. The molecule has 3 heteroatoms. The van der Waals surface area contributed by atoms with Gasteiger partial charge >= 0.3 is 0 Å². The predicted octanol–water partition coefficient (Wildman–Crippen LogP) is 4.84. The molecule has 3 rings (SSSR count). The zero-order valence-electron chi connectivity index (χ0n) is 11.8. The molecule has 1 aliphatic carbocycles. The third kappa shape index (κ3) is 3.08. The fourth-order valence-corrected chi connectivity index (χ4v) is 3.96. The smallest absolute Gasteiger partial charge is 0.183 e. The Labute approximate surface area is 119 Å². The first kappa shape index (κ1) is 12.9. The van der Waals surface area contributed by atoms with Gasteiger partial charge in [-0.2, -0.15) is 0 Å². The monoisotopic (exact) mass is 274 g/mol. The van der Waals surface area contributed by atoms with E-state index in [0.717, 1.165) is 29.0 Å². The molecule has 0 bridgehead atoms. The van der Waals surface area contributed by atoms with Crippen LogP contribution in [-0.4, -0.2) is 11.5 Å². The lowest BCUT2D eigenvalue weighted by atomic mass is 10.0. The van der Waals surface area contributed by atoms with Crippen LogP contribution in [0.25, 0.3) is 10.2 Å². The number of hydrogen-bond donors (Lipinski definition) is 1. The molecule has 0 spiro atoms. The molecule has 1 N–H and O–H groups in total. The van der Waals surface area contributed by atoms with Crippen molar-refractivity contribution in [2.24, 2.45) is 11.8 Å². The van der Waals surface area contributed by atoms with Crippen molar-refractivity contribution in [2.45, 2.75) is 39.5 Å². The van der Waals surface area contributed by atoms with E-state index in [-0.39, 0.29) is 0 Å². The molecule has 1 fully saturated rings. The van der Waals surface area contributed by atoms with Crippen LogP contribution >= 0.6 is 11.3 Å². The molecule has 1 saturated carbocycles. The maximum atomic E-state index is 4.66. The highest BCUT2D eigenvalue weighted by atomic mass is 32.1. The summed E-state index contributed by atoms with van der Waals surface area (Å²) >= 11 is 1.77. The second-order valence-corrected chi connectivity index (χ2v) is 7.02. The third-order valence-corrected chi connectivity index (χ3v) is 5.17. The van der Waals surface area contributed by atoms with Gasteiger partial charge in [0.25, 0.3) is 0 Å². The van der Waals surface area contributed by atoms with Crippen molar-refractivity contribution in [3.05, 3.63) is 23.8 Å². The predicted molar refractivity (Wildman–Crippen MR) is 84.0 cm³/mol. The molecule has 0 amide bonds. The van der Waals surface area contributed by atoms with Gasteiger partial charge in [0, 0.05) is 6.54 Å². The third-order valence-electron chi connectivity index (χ3n) is 4.18. The van der Waals surface area contributed by atoms with E-state index in [1.165, 1.54) is 35.9 Å². The van der Waals surface area contributed by atoms with Crippen LogP contribution in [0.15, 0.2) is 18.2 Å². The van der Waals surface area contributed by atoms with E-state index >= 15 is 0 Å². The first-order valence-corrected chi connectivity index (χ1v) is 8.13. The average molecular weight is 274 g/mol. The van der Waals surface area contributed by atoms with Gasteiger partial charge in [0.2, 0.25) is 0 Å². The summed E-state index contributed by atoms with van der Waals surface area (Å²) < 4.78 is 1.28. The van der Waals surface area contributed by atoms with Gasteiger partial charge in [-0.15, -0.1) is 0 Å². The Bertz CT molecular complexity index is 561. The number of thiazole rings is 1. The van der Waals surface area contributed by atoms with Gasteiger partial charge in [-0.1, -0.05) is 37.2 Å². The van der Waals surface area contributed by atoms with Crippen LogP contribution in [-0.2, 0) is 0 Å². The Hall–Kier alpha value is -1.09. The minimum atomic E-state index is 0.930. The fourth-order valence-electron chi connectivity index (χ4n) is 3.08. The zero-order chi connectivity index (χ0) is 13.2. The summed E-state index contributed by atoms with van der Waals surface area (Å²) in [5, 5.41) is 4.58. The van der Waals surface area contributed by atoms with Gasteiger partial charge in [0.15, 0.2) is 5.13 Å². The Morgan fingerprint density at radius 1 is 1.37 bits per heavy atom. The lowest BCUT2D eigenvalue weighted by Gasteiger charge is -2.09. The maximum absolute atomic E-state index is 4.66. The molecule has 102 valence electrons. The van der Waals surface area contributed by atoms with Gasteiger partial charge in [-0.05, 0) is 49.3 Å². The summed E-state index contributed by atoms with van der Waals surface area (Å²) in [6, 6.07) is 6.49. The fraction of sp³-hybridized carbons (Fsp3) is 0.562. The van der Waals surface area contributed by atoms with E-state index in [1.54, 1.807) is 11.3 Å². The average Bonchev–Trinajstić information content (AvgIpc) is 2.95. The molecule has 0 radical (unpaired) electrons. The van der Waals surface area contributed by atoms with Crippen molar-refractivity contribution >= 4 is 26.7 Å². The maximum Gasteiger partial charge on any atom is 0.183 e. The van der Waals surface area contributed by atoms with Crippen molar-refractivity contribution < 1.29 is 0 Å². The molecular formula is C16H22N2S. The molecule has 1 aromatic carbocycles. The second-order valence-electron chi connectivity index (χ2n) is 5.99. The van der Waals surface area contributed by atoms with Gasteiger partial charge in [0.1, 0.15) is 0 Å². The number of hydrogen-bond acceptors (Lipinski definition) is 3. The number of aromatic nitrogens is 1. The molecule has 1 aromatic heterocycles. The Balaban J connectivity index is 1.56. The van der Waals surface area contributed by atoms with E-state index in [2.05, 4.69) is 42.3 Å². The van der Waals surface area contributed by atoms with E-state index in [9.17, 15) is 0 Å². The Morgan fingerprint density at radius 2 is 2.26 bits per heavy atom.